The maximum Gasteiger partial charge on any atom is 0.143 e. The van der Waals surface area contributed by atoms with Crippen LogP contribution >= 0.6 is 11.6 Å². The van der Waals surface area contributed by atoms with E-state index in [0.29, 0.717) is 0 Å². The number of aryl methyl sites for hydroxylation is 2. The van der Waals surface area contributed by atoms with Crippen LogP contribution in [0.4, 0.5) is 11.5 Å². The second-order valence-electron chi connectivity index (χ2n) is 6.14. The summed E-state index contributed by atoms with van der Waals surface area (Å²) in [6.45, 7) is 4.22. The Hall–Kier alpha value is -2.78. The van der Waals surface area contributed by atoms with Crippen LogP contribution in [0.15, 0.2) is 66.9 Å². The molecule has 0 unspecified atom stereocenters. The van der Waals surface area contributed by atoms with Gasteiger partial charge in [-0.3, -0.25) is 4.40 Å². The third-order valence-corrected chi connectivity index (χ3v) is 4.62. The number of aromatic nitrogens is 2. The van der Waals surface area contributed by atoms with E-state index in [1.54, 1.807) is 0 Å². The van der Waals surface area contributed by atoms with Gasteiger partial charge in [-0.05, 0) is 49.2 Å². The second kappa shape index (κ2) is 6.26. The molecule has 0 saturated carbocycles. The largest absolute Gasteiger partial charge is 0.339 e. The van der Waals surface area contributed by atoms with E-state index >= 15 is 0 Å². The fraction of sp³-hybridized carbons (Fsp3) is 0.0952. The number of anilines is 2. The average molecular weight is 348 g/mol. The van der Waals surface area contributed by atoms with Gasteiger partial charge in [0.25, 0.3) is 0 Å². The quantitative estimate of drug-likeness (QED) is 0.491. The zero-order chi connectivity index (χ0) is 17.4. The molecule has 4 heteroatoms. The summed E-state index contributed by atoms with van der Waals surface area (Å²) in [7, 11) is 0. The molecule has 25 heavy (non-hydrogen) atoms. The summed E-state index contributed by atoms with van der Waals surface area (Å²) in [4.78, 5) is 4.83. The third-order valence-electron chi connectivity index (χ3n) is 4.37. The van der Waals surface area contributed by atoms with E-state index in [1.165, 1.54) is 11.1 Å². The van der Waals surface area contributed by atoms with Gasteiger partial charge in [0.2, 0.25) is 0 Å². The van der Waals surface area contributed by atoms with Crippen LogP contribution in [0.2, 0.25) is 5.02 Å². The van der Waals surface area contributed by atoms with Crippen molar-refractivity contribution in [3.63, 3.8) is 0 Å². The van der Waals surface area contributed by atoms with Crippen molar-refractivity contribution in [1.29, 1.82) is 0 Å². The Labute approximate surface area is 151 Å². The highest BCUT2D eigenvalue weighted by Crippen LogP contribution is 2.33. The van der Waals surface area contributed by atoms with Crippen LogP contribution in [0, 0.1) is 13.8 Å². The molecular weight excluding hydrogens is 330 g/mol. The molecule has 0 radical (unpaired) electrons. The van der Waals surface area contributed by atoms with Crippen molar-refractivity contribution in [2.75, 3.05) is 5.32 Å². The lowest BCUT2D eigenvalue weighted by Crippen LogP contribution is -2.00. The van der Waals surface area contributed by atoms with Crippen molar-refractivity contribution >= 4 is 28.8 Å². The molecule has 0 fully saturated rings. The first kappa shape index (κ1) is 15.7. The van der Waals surface area contributed by atoms with Gasteiger partial charge in [-0.2, -0.15) is 0 Å². The van der Waals surface area contributed by atoms with Crippen LogP contribution in [0.25, 0.3) is 16.9 Å². The molecule has 0 aliphatic carbocycles. The highest BCUT2D eigenvalue weighted by atomic mass is 35.5. The van der Waals surface area contributed by atoms with Gasteiger partial charge < -0.3 is 5.32 Å². The van der Waals surface area contributed by atoms with E-state index in [-0.39, 0.29) is 0 Å². The molecule has 0 aliphatic rings. The summed E-state index contributed by atoms with van der Waals surface area (Å²) in [6, 6.07) is 20.1. The Balaban J connectivity index is 1.92. The van der Waals surface area contributed by atoms with E-state index < -0.39 is 0 Å². The number of pyridine rings is 1. The zero-order valence-electron chi connectivity index (χ0n) is 14.1. The van der Waals surface area contributed by atoms with Gasteiger partial charge in [-0.1, -0.05) is 48.0 Å². The molecule has 0 amide bonds. The van der Waals surface area contributed by atoms with Crippen LogP contribution in [0.1, 0.15) is 11.1 Å². The molecule has 0 bridgehead atoms. The number of nitrogens with one attached hydrogen (secondary N) is 1. The van der Waals surface area contributed by atoms with Gasteiger partial charge in [0, 0.05) is 22.5 Å². The molecule has 3 nitrogen and oxygen atoms in total. The smallest absolute Gasteiger partial charge is 0.143 e. The molecule has 4 aromatic rings. The van der Waals surface area contributed by atoms with E-state index in [0.717, 1.165) is 33.4 Å². The van der Waals surface area contributed by atoms with E-state index in [4.69, 9.17) is 16.6 Å². The van der Waals surface area contributed by atoms with Gasteiger partial charge in [0.15, 0.2) is 0 Å². The highest BCUT2D eigenvalue weighted by molar-refractivity contribution is 6.30. The summed E-state index contributed by atoms with van der Waals surface area (Å²) in [5, 5.41) is 4.33. The molecule has 1 N–H and O–H groups in total. The van der Waals surface area contributed by atoms with Crippen LogP contribution in [-0.4, -0.2) is 9.38 Å². The van der Waals surface area contributed by atoms with E-state index in [1.807, 2.05) is 48.7 Å². The summed E-state index contributed by atoms with van der Waals surface area (Å²) < 4.78 is 2.08. The van der Waals surface area contributed by atoms with Crippen LogP contribution in [-0.2, 0) is 0 Å². The number of fused-ring (bicyclic) bond motifs is 1. The number of para-hydroxylation sites is 1. The molecule has 2 heterocycles. The summed E-state index contributed by atoms with van der Waals surface area (Å²) >= 11 is 6.05. The first-order valence-corrected chi connectivity index (χ1v) is 8.57. The first-order chi connectivity index (χ1) is 12.1. The maximum atomic E-state index is 6.05. The van der Waals surface area contributed by atoms with Crippen molar-refractivity contribution in [2.24, 2.45) is 0 Å². The Kier molecular flexibility index (Phi) is 3.94. The number of benzene rings is 2. The SMILES string of the molecule is Cc1cccc(C)c1Nc1c(-c2ccc(Cl)cc2)nc2ccccn12. The standard InChI is InChI=1S/C21H18ClN3/c1-14-6-5-7-15(2)19(14)24-21-20(16-9-11-17(22)12-10-16)23-18-8-3-4-13-25(18)21/h3-13,24H,1-2H3. The molecule has 124 valence electrons. The minimum atomic E-state index is 0.719. The average Bonchev–Trinajstić information content (AvgIpc) is 2.97. The summed E-state index contributed by atoms with van der Waals surface area (Å²) in [5.74, 6) is 0.954. The van der Waals surface area contributed by atoms with Gasteiger partial charge in [-0.15, -0.1) is 0 Å². The monoisotopic (exact) mass is 347 g/mol. The Morgan fingerprint density at radius 3 is 2.32 bits per heavy atom. The topological polar surface area (TPSA) is 29.3 Å². The molecule has 2 aromatic carbocycles. The molecule has 0 saturated heterocycles. The fourth-order valence-corrected chi connectivity index (χ4v) is 3.18. The van der Waals surface area contributed by atoms with E-state index in [2.05, 4.69) is 41.8 Å². The number of rotatable bonds is 3. The highest BCUT2D eigenvalue weighted by Gasteiger charge is 2.15. The van der Waals surface area contributed by atoms with Crippen molar-refractivity contribution in [2.45, 2.75) is 13.8 Å². The van der Waals surface area contributed by atoms with E-state index in [9.17, 15) is 0 Å². The van der Waals surface area contributed by atoms with Gasteiger partial charge in [-0.25, -0.2) is 4.98 Å². The number of hydrogen-bond donors (Lipinski definition) is 1. The lowest BCUT2D eigenvalue weighted by atomic mass is 10.1. The van der Waals surface area contributed by atoms with Crippen molar-refractivity contribution in [3.05, 3.63) is 83.0 Å². The van der Waals surface area contributed by atoms with Crippen molar-refractivity contribution in [3.8, 4) is 11.3 Å². The predicted octanol–water partition coefficient (Wildman–Crippen LogP) is 6.02. The van der Waals surface area contributed by atoms with Crippen molar-refractivity contribution < 1.29 is 0 Å². The minimum absolute atomic E-state index is 0.719. The first-order valence-electron chi connectivity index (χ1n) is 8.20. The predicted molar refractivity (Wildman–Crippen MR) is 105 cm³/mol. The number of halogens is 1. The third kappa shape index (κ3) is 2.87. The van der Waals surface area contributed by atoms with Crippen LogP contribution in [0.3, 0.4) is 0 Å². The van der Waals surface area contributed by atoms with Crippen LogP contribution in [0.5, 0.6) is 0 Å². The summed E-state index contributed by atoms with van der Waals surface area (Å²) in [5.41, 5.74) is 6.36. The number of nitrogens with zero attached hydrogens (tertiary/aromatic N) is 2. The normalized spacial score (nSPS) is 11.0. The molecule has 0 spiro atoms. The fourth-order valence-electron chi connectivity index (χ4n) is 3.05. The second-order valence-corrected chi connectivity index (χ2v) is 6.57. The number of hydrogen-bond acceptors (Lipinski definition) is 2. The van der Waals surface area contributed by atoms with Gasteiger partial charge >= 0.3 is 0 Å². The lowest BCUT2D eigenvalue weighted by Gasteiger charge is -2.14. The molecule has 0 atom stereocenters. The Morgan fingerprint density at radius 2 is 1.60 bits per heavy atom. The zero-order valence-corrected chi connectivity index (χ0v) is 14.9. The minimum Gasteiger partial charge on any atom is -0.339 e. The summed E-state index contributed by atoms with van der Waals surface area (Å²) in [6.07, 6.45) is 2.03. The van der Waals surface area contributed by atoms with Crippen LogP contribution < -0.4 is 5.32 Å². The molecule has 4 rings (SSSR count). The Morgan fingerprint density at radius 1 is 0.880 bits per heavy atom. The maximum absolute atomic E-state index is 6.05. The molecule has 2 aromatic heterocycles. The lowest BCUT2D eigenvalue weighted by molar-refractivity contribution is 1.18. The van der Waals surface area contributed by atoms with Gasteiger partial charge in [0.05, 0.1) is 0 Å². The van der Waals surface area contributed by atoms with Crippen molar-refractivity contribution in [1.82, 2.24) is 9.38 Å². The van der Waals surface area contributed by atoms with Gasteiger partial charge in [0.1, 0.15) is 17.2 Å². The molecule has 0 aliphatic heterocycles. The number of imidazole rings is 1. The Bertz CT molecular complexity index is 1030. The molecular formula is C21H18ClN3.